The van der Waals surface area contributed by atoms with E-state index in [0.29, 0.717) is 5.92 Å². The Morgan fingerprint density at radius 3 is 1.50 bits per heavy atom. The molecule has 0 unspecified atom stereocenters. The molecule has 0 saturated heterocycles. The van der Waals surface area contributed by atoms with Crippen LogP contribution in [-0.4, -0.2) is 12.2 Å². The van der Waals surface area contributed by atoms with Crippen LogP contribution in [0.15, 0.2) is 24.3 Å². The van der Waals surface area contributed by atoms with Gasteiger partial charge in [-0.05, 0) is 24.0 Å². The van der Waals surface area contributed by atoms with E-state index in [0.717, 1.165) is 7.11 Å². The van der Waals surface area contributed by atoms with E-state index in [-0.39, 0.29) is 0 Å². The number of hydrogen-bond acceptors (Lipinski definition) is 1. The monoisotopic (exact) mass is 226 g/mol. The zero-order valence-corrected chi connectivity index (χ0v) is 12.3. The Kier molecular flexibility index (Phi) is 21.4. The maximum atomic E-state index is 7.00. The summed E-state index contributed by atoms with van der Waals surface area (Å²) in [6.07, 6.45) is 0. The van der Waals surface area contributed by atoms with Crippen LogP contribution in [0.3, 0.4) is 0 Å². The van der Waals surface area contributed by atoms with E-state index in [1.54, 1.807) is 0 Å². The van der Waals surface area contributed by atoms with Crippen molar-refractivity contribution in [3.63, 3.8) is 0 Å². The van der Waals surface area contributed by atoms with E-state index in [1.165, 1.54) is 11.1 Å². The van der Waals surface area contributed by atoms with Crippen molar-refractivity contribution in [2.45, 2.75) is 54.4 Å². The SMILES string of the molecule is CC.CC.CO.Cc1ccccc1C(C)C. The van der Waals surface area contributed by atoms with Gasteiger partial charge in [0.2, 0.25) is 0 Å². The standard InChI is InChI=1S/C10H14.2C2H6.CH4O/c1-8(2)10-7-5-4-6-9(10)3;3*1-2/h4-8H,1-3H3;2*1-2H3;2H,1H3. The number of hydrogen-bond donors (Lipinski definition) is 1. The van der Waals surface area contributed by atoms with E-state index >= 15 is 0 Å². The van der Waals surface area contributed by atoms with Gasteiger partial charge in [0.1, 0.15) is 0 Å². The summed E-state index contributed by atoms with van der Waals surface area (Å²) in [6, 6.07) is 8.54. The van der Waals surface area contributed by atoms with Crippen LogP contribution in [0.4, 0.5) is 0 Å². The Morgan fingerprint density at radius 1 is 0.875 bits per heavy atom. The summed E-state index contributed by atoms with van der Waals surface area (Å²) >= 11 is 0. The highest BCUT2D eigenvalue weighted by Gasteiger charge is 1.99. The van der Waals surface area contributed by atoms with Crippen LogP contribution in [-0.2, 0) is 0 Å². The van der Waals surface area contributed by atoms with E-state index in [1.807, 2.05) is 27.7 Å². The third-order valence-corrected chi connectivity index (χ3v) is 1.81. The minimum Gasteiger partial charge on any atom is -0.400 e. The Labute approximate surface area is 103 Å². The van der Waals surface area contributed by atoms with Gasteiger partial charge in [-0.3, -0.25) is 0 Å². The first-order chi connectivity index (χ1) is 7.72. The first-order valence-electron chi connectivity index (χ1n) is 6.22. The van der Waals surface area contributed by atoms with E-state index in [2.05, 4.69) is 45.0 Å². The molecule has 0 spiro atoms. The predicted molar refractivity (Wildman–Crippen MR) is 76.1 cm³/mol. The molecule has 1 heteroatoms. The van der Waals surface area contributed by atoms with Crippen LogP contribution < -0.4 is 0 Å². The minimum absolute atomic E-state index is 0.654. The van der Waals surface area contributed by atoms with Crippen molar-refractivity contribution in [1.29, 1.82) is 0 Å². The van der Waals surface area contributed by atoms with Gasteiger partial charge in [0.25, 0.3) is 0 Å². The molecule has 0 aliphatic rings. The fourth-order valence-corrected chi connectivity index (χ4v) is 1.23. The first kappa shape index (κ1) is 20.6. The number of benzene rings is 1. The Balaban J connectivity index is -0.000000245. The molecule has 0 aromatic heterocycles. The van der Waals surface area contributed by atoms with E-state index < -0.39 is 0 Å². The summed E-state index contributed by atoms with van der Waals surface area (Å²) in [5.74, 6) is 0.654. The highest BCUT2D eigenvalue weighted by atomic mass is 16.2. The van der Waals surface area contributed by atoms with Gasteiger partial charge >= 0.3 is 0 Å². The second-order valence-electron chi connectivity index (χ2n) is 3.01. The molecule has 0 radical (unpaired) electrons. The zero-order valence-electron chi connectivity index (χ0n) is 12.3. The maximum Gasteiger partial charge on any atom is 0.0319 e. The summed E-state index contributed by atoms with van der Waals surface area (Å²) in [4.78, 5) is 0. The van der Waals surface area contributed by atoms with Crippen molar-refractivity contribution >= 4 is 0 Å². The highest BCUT2D eigenvalue weighted by Crippen LogP contribution is 2.17. The highest BCUT2D eigenvalue weighted by molar-refractivity contribution is 5.27. The normalized spacial score (nSPS) is 7.62. The van der Waals surface area contributed by atoms with Crippen LogP contribution in [0, 0.1) is 6.92 Å². The molecule has 1 aromatic carbocycles. The van der Waals surface area contributed by atoms with Crippen LogP contribution in [0.2, 0.25) is 0 Å². The van der Waals surface area contributed by atoms with Crippen LogP contribution in [0.25, 0.3) is 0 Å². The molecule has 1 N–H and O–H groups in total. The van der Waals surface area contributed by atoms with Gasteiger partial charge in [-0.15, -0.1) is 0 Å². The van der Waals surface area contributed by atoms with Crippen molar-refractivity contribution < 1.29 is 5.11 Å². The summed E-state index contributed by atoms with van der Waals surface area (Å²) < 4.78 is 0. The van der Waals surface area contributed by atoms with E-state index in [4.69, 9.17) is 5.11 Å². The molecule has 1 nitrogen and oxygen atoms in total. The molecule has 0 aliphatic carbocycles. The first-order valence-corrected chi connectivity index (χ1v) is 6.22. The molecular weight excluding hydrogens is 196 g/mol. The van der Waals surface area contributed by atoms with Gasteiger partial charge in [0, 0.05) is 7.11 Å². The topological polar surface area (TPSA) is 20.2 Å². The molecular formula is C15H30O. The summed E-state index contributed by atoms with van der Waals surface area (Å²) in [5, 5.41) is 7.00. The number of aryl methyl sites for hydroxylation is 1. The molecule has 0 aliphatic heterocycles. The van der Waals surface area contributed by atoms with Crippen molar-refractivity contribution in [1.82, 2.24) is 0 Å². The van der Waals surface area contributed by atoms with Gasteiger partial charge in [0.15, 0.2) is 0 Å². The van der Waals surface area contributed by atoms with Gasteiger partial charge < -0.3 is 5.11 Å². The smallest absolute Gasteiger partial charge is 0.0319 e. The van der Waals surface area contributed by atoms with Gasteiger partial charge in [-0.25, -0.2) is 0 Å². The largest absolute Gasteiger partial charge is 0.400 e. The molecule has 1 aromatic rings. The molecule has 0 amide bonds. The minimum atomic E-state index is 0.654. The number of aliphatic hydroxyl groups excluding tert-OH is 1. The molecule has 0 saturated carbocycles. The van der Waals surface area contributed by atoms with Gasteiger partial charge in [0.05, 0.1) is 0 Å². The van der Waals surface area contributed by atoms with Crippen LogP contribution >= 0.6 is 0 Å². The number of rotatable bonds is 1. The maximum absolute atomic E-state index is 7.00. The lowest BCUT2D eigenvalue weighted by atomic mass is 9.99. The lowest BCUT2D eigenvalue weighted by molar-refractivity contribution is 0.399. The molecule has 1 rings (SSSR count). The lowest BCUT2D eigenvalue weighted by Gasteiger charge is -2.07. The molecule has 0 atom stereocenters. The van der Waals surface area contributed by atoms with Crippen molar-refractivity contribution in [2.75, 3.05) is 7.11 Å². The van der Waals surface area contributed by atoms with Gasteiger partial charge in [-0.1, -0.05) is 65.8 Å². The Hall–Kier alpha value is -0.820. The summed E-state index contributed by atoms with van der Waals surface area (Å²) in [7, 11) is 1.00. The van der Waals surface area contributed by atoms with Crippen molar-refractivity contribution in [3.8, 4) is 0 Å². The average Bonchev–Trinajstić information content (AvgIpc) is 2.37. The fourth-order valence-electron chi connectivity index (χ4n) is 1.23. The summed E-state index contributed by atoms with van der Waals surface area (Å²) in [5.41, 5.74) is 2.86. The molecule has 0 bridgehead atoms. The average molecular weight is 226 g/mol. The molecule has 96 valence electrons. The second-order valence-corrected chi connectivity index (χ2v) is 3.01. The van der Waals surface area contributed by atoms with Gasteiger partial charge in [-0.2, -0.15) is 0 Å². The lowest BCUT2D eigenvalue weighted by Crippen LogP contribution is -1.89. The summed E-state index contributed by atoms with van der Waals surface area (Å²) in [6.45, 7) is 14.6. The van der Waals surface area contributed by atoms with Crippen molar-refractivity contribution in [2.24, 2.45) is 0 Å². The predicted octanol–water partition coefficient (Wildman–Crippen LogP) is 4.78. The Morgan fingerprint density at radius 2 is 1.25 bits per heavy atom. The van der Waals surface area contributed by atoms with E-state index in [9.17, 15) is 0 Å². The fraction of sp³-hybridized carbons (Fsp3) is 0.600. The Bertz CT molecular complexity index is 216. The number of aliphatic hydroxyl groups is 1. The van der Waals surface area contributed by atoms with Crippen LogP contribution in [0.5, 0.6) is 0 Å². The second kappa shape index (κ2) is 16.6. The third kappa shape index (κ3) is 9.72. The quantitative estimate of drug-likeness (QED) is 0.730. The molecule has 0 heterocycles. The van der Waals surface area contributed by atoms with Crippen LogP contribution in [0.1, 0.15) is 58.6 Å². The van der Waals surface area contributed by atoms with Crippen molar-refractivity contribution in [3.05, 3.63) is 35.4 Å². The molecule has 16 heavy (non-hydrogen) atoms. The zero-order chi connectivity index (χ0) is 13.6. The molecule has 0 fully saturated rings. The third-order valence-electron chi connectivity index (χ3n) is 1.81.